The Hall–Kier alpha value is -3.74. The van der Waals surface area contributed by atoms with E-state index in [1.807, 2.05) is 48.7 Å². The molecule has 2 aromatic heterocycles. The van der Waals surface area contributed by atoms with E-state index in [4.69, 9.17) is 0 Å². The number of para-hydroxylation sites is 1. The van der Waals surface area contributed by atoms with Gasteiger partial charge in [-0.15, -0.1) is 0 Å². The van der Waals surface area contributed by atoms with Gasteiger partial charge in [0.1, 0.15) is 18.7 Å². The van der Waals surface area contributed by atoms with Gasteiger partial charge in [0.25, 0.3) is 5.56 Å². The Morgan fingerprint density at radius 3 is 2.50 bits per heavy atom. The van der Waals surface area contributed by atoms with Crippen LogP contribution in [-0.4, -0.2) is 20.0 Å². The normalized spacial score (nSPS) is 11.0. The van der Waals surface area contributed by atoms with E-state index in [0.717, 1.165) is 16.9 Å². The summed E-state index contributed by atoms with van der Waals surface area (Å²) in [5.74, 6) is -0.773. The van der Waals surface area contributed by atoms with Crippen LogP contribution in [0.3, 0.4) is 0 Å². The first-order chi connectivity index (χ1) is 14.5. The number of hydrogen-bond donors (Lipinski definition) is 1. The number of carbonyl (C=O) groups excluding carboxylic acids is 1. The van der Waals surface area contributed by atoms with E-state index in [2.05, 4.69) is 10.3 Å². The average Bonchev–Trinajstić information content (AvgIpc) is 3.01. The summed E-state index contributed by atoms with van der Waals surface area (Å²) >= 11 is 0. The zero-order valence-electron chi connectivity index (χ0n) is 16.7. The number of nitrogens with zero attached hydrogens (tertiary/aromatic N) is 3. The van der Waals surface area contributed by atoms with Crippen molar-refractivity contribution in [1.82, 2.24) is 19.4 Å². The monoisotopic (exact) mass is 404 g/mol. The van der Waals surface area contributed by atoms with Gasteiger partial charge in [-0.05, 0) is 37.6 Å². The second kappa shape index (κ2) is 7.94. The lowest BCUT2D eigenvalue weighted by atomic mass is 10.2. The summed E-state index contributed by atoms with van der Waals surface area (Å²) in [7, 11) is 0. The van der Waals surface area contributed by atoms with Gasteiger partial charge in [0, 0.05) is 23.5 Å². The summed E-state index contributed by atoms with van der Waals surface area (Å²) in [4.78, 5) is 29.9. The highest BCUT2D eigenvalue weighted by Gasteiger charge is 2.18. The zero-order valence-corrected chi connectivity index (χ0v) is 16.7. The second-order valence-electron chi connectivity index (χ2n) is 7.13. The SMILES string of the molecule is Cc1c(C)n(-c2ccccc2)c2ncn(CC(=O)NCc3ccccc3F)c(=O)c12. The smallest absolute Gasteiger partial charge is 0.263 e. The summed E-state index contributed by atoms with van der Waals surface area (Å²) in [5.41, 5.74) is 3.33. The molecule has 0 atom stereocenters. The van der Waals surface area contributed by atoms with Gasteiger partial charge >= 0.3 is 0 Å². The molecule has 152 valence electrons. The Balaban J connectivity index is 1.63. The number of hydrogen-bond acceptors (Lipinski definition) is 3. The molecule has 2 heterocycles. The Morgan fingerprint density at radius 2 is 1.77 bits per heavy atom. The van der Waals surface area contributed by atoms with Crippen LogP contribution in [-0.2, 0) is 17.9 Å². The molecule has 0 bridgehead atoms. The van der Waals surface area contributed by atoms with Crippen molar-refractivity contribution in [2.75, 3.05) is 0 Å². The van der Waals surface area contributed by atoms with Crippen LogP contribution in [0.15, 0.2) is 65.7 Å². The number of halogens is 1. The van der Waals surface area contributed by atoms with Gasteiger partial charge in [0.05, 0.1) is 5.39 Å². The predicted molar refractivity (Wildman–Crippen MR) is 113 cm³/mol. The van der Waals surface area contributed by atoms with Crippen molar-refractivity contribution in [2.24, 2.45) is 0 Å². The van der Waals surface area contributed by atoms with Crippen LogP contribution in [0, 0.1) is 19.7 Å². The maximum atomic E-state index is 13.7. The molecule has 7 heteroatoms. The van der Waals surface area contributed by atoms with Gasteiger partial charge in [-0.2, -0.15) is 0 Å². The summed E-state index contributed by atoms with van der Waals surface area (Å²) in [6.07, 6.45) is 1.38. The first-order valence-corrected chi connectivity index (χ1v) is 9.60. The summed E-state index contributed by atoms with van der Waals surface area (Å²) < 4.78 is 16.9. The Labute approximate surface area is 172 Å². The maximum absolute atomic E-state index is 13.7. The number of aromatic nitrogens is 3. The van der Waals surface area contributed by atoms with E-state index < -0.39 is 5.91 Å². The minimum atomic E-state index is -0.390. The molecule has 0 radical (unpaired) electrons. The van der Waals surface area contributed by atoms with Crippen LogP contribution < -0.4 is 10.9 Å². The fourth-order valence-corrected chi connectivity index (χ4v) is 3.54. The number of benzene rings is 2. The lowest BCUT2D eigenvalue weighted by Crippen LogP contribution is -2.32. The fourth-order valence-electron chi connectivity index (χ4n) is 3.54. The third-order valence-electron chi connectivity index (χ3n) is 5.24. The number of aryl methyl sites for hydroxylation is 1. The van der Waals surface area contributed by atoms with Gasteiger partial charge in [0.2, 0.25) is 5.91 Å². The number of nitrogens with one attached hydrogen (secondary N) is 1. The van der Waals surface area contributed by atoms with E-state index in [1.54, 1.807) is 18.2 Å². The van der Waals surface area contributed by atoms with E-state index in [-0.39, 0.29) is 24.5 Å². The summed E-state index contributed by atoms with van der Waals surface area (Å²) in [5, 5.41) is 3.14. The Morgan fingerprint density at radius 1 is 1.07 bits per heavy atom. The van der Waals surface area contributed by atoms with Gasteiger partial charge in [-0.1, -0.05) is 36.4 Å². The van der Waals surface area contributed by atoms with Crippen LogP contribution in [0.5, 0.6) is 0 Å². The third-order valence-corrected chi connectivity index (χ3v) is 5.24. The summed E-state index contributed by atoms with van der Waals surface area (Å²) in [6, 6.07) is 15.9. The van der Waals surface area contributed by atoms with Crippen LogP contribution in [0.25, 0.3) is 16.7 Å². The fraction of sp³-hybridized carbons (Fsp3) is 0.174. The first-order valence-electron chi connectivity index (χ1n) is 9.60. The predicted octanol–water partition coefficient (Wildman–Crippen LogP) is 3.26. The number of fused-ring (bicyclic) bond motifs is 1. The maximum Gasteiger partial charge on any atom is 0.263 e. The lowest BCUT2D eigenvalue weighted by molar-refractivity contribution is -0.121. The Kier molecular flexibility index (Phi) is 5.18. The lowest BCUT2D eigenvalue weighted by Gasteiger charge is -2.09. The van der Waals surface area contributed by atoms with Crippen molar-refractivity contribution in [1.29, 1.82) is 0 Å². The molecule has 0 spiro atoms. The Bertz CT molecular complexity index is 1290. The quantitative estimate of drug-likeness (QED) is 0.555. The molecule has 1 amide bonds. The highest BCUT2D eigenvalue weighted by Crippen LogP contribution is 2.24. The molecule has 0 aliphatic rings. The van der Waals surface area contributed by atoms with E-state index in [0.29, 0.717) is 16.6 Å². The highest BCUT2D eigenvalue weighted by molar-refractivity contribution is 5.83. The van der Waals surface area contributed by atoms with Gasteiger partial charge < -0.3 is 5.32 Å². The van der Waals surface area contributed by atoms with Crippen LogP contribution >= 0.6 is 0 Å². The second-order valence-corrected chi connectivity index (χ2v) is 7.13. The van der Waals surface area contributed by atoms with Crippen molar-refractivity contribution in [3.8, 4) is 5.69 Å². The van der Waals surface area contributed by atoms with E-state index in [9.17, 15) is 14.0 Å². The van der Waals surface area contributed by atoms with Crippen molar-refractivity contribution in [3.63, 3.8) is 0 Å². The van der Waals surface area contributed by atoms with Crippen molar-refractivity contribution in [2.45, 2.75) is 26.9 Å². The molecule has 4 aromatic rings. The number of rotatable bonds is 5. The van der Waals surface area contributed by atoms with Crippen molar-refractivity contribution in [3.05, 3.63) is 93.9 Å². The minimum absolute atomic E-state index is 0.0540. The van der Waals surface area contributed by atoms with Crippen molar-refractivity contribution < 1.29 is 9.18 Å². The molecule has 0 fully saturated rings. The summed E-state index contributed by atoms with van der Waals surface area (Å²) in [6.45, 7) is 3.68. The van der Waals surface area contributed by atoms with Crippen LogP contribution in [0.4, 0.5) is 4.39 Å². The van der Waals surface area contributed by atoms with E-state index >= 15 is 0 Å². The van der Waals surface area contributed by atoms with E-state index in [1.165, 1.54) is 17.0 Å². The molecular weight excluding hydrogens is 383 g/mol. The molecule has 0 saturated heterocycles. The molecule has 0 aliphatic carbocycles. The van der Waals surface area contributed by atoms with Crippen LogP contribution in [0.1, 0.15) is 16.8 Å². The number of carbonyl (C=O) groups is 1. The molecule has 0 aliphatic heterocycles. The molecule has 30 heavy (non-hydrogen) atoms. The highest BCUT2D eigenvalue weighted by atomic mass is 19.1. The van der Waals surface area contributed by atoms with Crippen molar-refractivity contribution >= 4 is 16.9 Å². The molecule has 0 saturated carbocycles. The molecule has 2 aromatic carbocycles. The largest absolute Gasteiger partial charge is 0.350 e. The topological polar surface area (TPSA) is 68.9 Å². The van der Waals surface area contributed by atoms with Gasteiger partial charge in [0.15, 0.2) is 5.65 Å². The average molecular weight is 404 g/mol. The van der Waals surface area contributed by atoms with Crippen LogP contribution in [0.2, 0.25) is 0 Å². The molecule has 4 rings (SSSR count). The van der Waals surface area contributed by atoms with Gasteiger partial charge in [-0.25, -0.2) is 9.37 Å². The molecule has 1 N–H and O–H groups in total. The standard InChI is InChI=1S/C23H21FN4O2/c1-15-16(2)28(18-9-4-3-5-10-18)22-21(15)23(30)27(14-26-22)13-20(29)25-12-17-8-6-7-11-19(17)24/h3-11,14H,12-13H2,1-2H3,(H,25,29). The first kappa shape index (κ1) is 19.6. The molecule has 0 unspecified atom stereocenters. The third kappa shape index (κ3) is 3.50. The zero-order chi connectivity index (χ0) is 21.3. The van der Waals surface area contributed by atoms with Gasteiger partial charge in [-0.3, -0.25) is 18.7 Å². The molecular formula is C23H21FN4O2. The number of amides is 1. The molecule has 6 nitrogen and oxygen atoms in total. The minimum Gasteiger partial charge on any atom is -0.350 e.